The van der Waals surface area contributed by atoms with Gasteiger partial charge in [0.15, 0.2) is 11.6 Å². The van der Waals surface area contributed by atoms with E-state index in [1.165, 1.54) is 13.2 Å². The van der Waals surface area contributed by atoms with Gasteiger partial charge in [0.1, 0.15) is 0 Å². The maximum absolute atomic E-state index is 13.1. The fourth-order valence-corrected chi connectivity index (χ4v) is 1.85. The van der Waals surface area contributed by atoms with Gasteiger partial charge in [-0.2, -0.15) is 0 Å². The fraction of sp³-hybridized carbons (Fsp3) is 0.182. The van der Waals surface area contributed by atoms with Crippen LogP contribution in [0.1, 0.15) is 5.69 Å². The van der Waals surface area contributed by atoms with Crippen molar-refractivity contribution in [2.24, 2.45) is 0 Å². The van der Waals surface area contributed by atoms with E-state index in [4.69, 9.17) is 4.74 Å². The van der Waals surface area contributed by atoms with Crippen LogP contribution in [0.5, 0.6) is 5.75 Å². The summed E-state index contributed by atoms with van der Waals surface area (Å²) >= 11 is 1.55. The number of nitrogens with one attached hydrogen (secondary N) is 1. The van der Waals surface area contributed by atoms with Crippen LogP contribution in [-0.4, -0.2) is 12.1 Å². The summed E-state index contributed by atoms with van der Waals surface area (Å²) in [5, 5.41) is 5.11. The highest BCUT2D eigenvalue weighted by Crippen LogP contribution is 2.21. The van der Waals surface area contributed by atoms with E-state index in [1.807, 2.05) is 5.38 Å². The second-order valence-electron chi connectivity index (χ2n) is 3.18. The average Bonchev–Trinajstić information content (AvgIpc) is 2.81. The molecule has 0 spiro atoms. The zero-order chi connectivity index (χ0) is 11.4. The first-order valence-electron chi connectivity index (χ1n) is 4.74. The molecule has 0 atom stereocenters. The van der Waals surface area contributed by atoms with Crippen LogP contribution in [0, 0.1) is 5.82 Å². The summed E-state index contributed by atoms with van der Waals surface area (Å²) in [5.74, 6) is -0.120. The summed E-state index contributed by atoms with van der Waals surface area (Å²) in [4.78, 5) is 4.14. The highest BCUT2D eigenvalue weighted by molar-refractivity contribution is 7.07. The molecule has 1 N–H and O–H groups in total. The molecule has 0 aliphatic rings. The lowest BCUT2D eigenvalue weighted by molar-refractivity contribution is 0.387. The molecule has 2 aromatic rings. The number of anilines is 1. The third-order valence-electron chi connectivity index (χ3n) is 2.11. The van der Waals surface area contributed by atoms with Gasteiger partial charge in [0.05, 0.1) is 24.9 Å². The molecule has 0 unspecified atom stereocenters. The van der Waals surface area contributed by atoms with Crippen LogP contribution < -0.4 is 10.1 Å². The number of benzene rings is 1. The Morgan fingerprint density at radius 2 is 2.38 bits per heavy atom. The first-order chi connectivity index (χ1) is 7.79. The second kappa shape index (κ2) is 4.94. The number of ether oxygens (including phenoxy) is 1. The number of thiazole rings is 1. The van der Waals surface area contributed by atoms with Crippen molar-refractivity contribution in [2.75, 3.05) is 12.4 Å². The first kappa shape index (κ1) is 10.9. The van der Waals surface area contributed by atoms with E-state index < -0.39 is 0 Å². The Kier molecular flexibility index (Phi) is 3.36. The Bertz CT molecular complexity index is 459. The Balaban J connectivity index is 2.04. The Morgan fingerprint density at radius 3 is 3.06 bits per heavy atom. The minimum atomic E-state index is -0.360. The molecule has 0 saturated heterocycles. The maximum Gasteiger partial charge on any atom is 0.165 e. The van der Waals surface area contributed by atoms with Crippen molar-refractivity contribution in [3.05, 3.63) is 40.6 Å². The minimum absolute atomic E-state index is 0.239. The molecule has 5 heteroatoms. The molecule has 2 rings (SSSR count). The van der Waals surface area contributed by atoms with Gasteiger partial charge in [-0.3, -0.25) is 0 Å². The second-order valence-corrected chi connectivity index (χ2v) is 3.90. The lowest BCUT2D eigenvalue weighted by atomic mass is 10.3. The van der Waals surface area contributed by atoms with Gasteiger partial charge in [-0.1, -0.05) is 0 Å². The van der Waals surface area contributed by atoms with Crippen molar-refractivity contribution in [1.82, 2.24) is 4.98 Å². The van der Waals surface area contributed by atoms with E-state index in [0.29, 0.717) is 6.54 Å². The number of methoxy groups -OCH3 is 1. The van der Waals surface area contributed by atoms with Crippen LogP contribution in [0.2, 0.25) is 0 Å². The molecule has 0 fully saturated rings. The van der Waals surface area contributed by atoms with E-state index in [1.54, 1.807) is 29.0 Å². The van der Waals surface area contributed by atoms with Crippen LogP contribution in [-0.2, 0) is 6.54 Å². The number of nitrogens with zero attached hydrogens (tertiary/aromatic N) is 1. The predicted octanol–water partition coefficient (Wildman–Crippen LogP) is 2.90. The lowest BCUT2D eigenvalue weighted by Gasteiger charge is -2.07. The van der Waals surface area contributed by atoms with E-state index in [2.05, 4.69) is 10.3 Å². The topological polar surface area (TPSA) is 34.1 Å². The van der Waals surface area contributed by atoms with Gasteiger partial charge < -0.3 is 10.1 Å². The minimum Gasteiger partial charge on any atom is -0.494 e. The van der Waals surface area contributed by atoms with Gasteiger partial charge in [0.2, 0.25) is 0 Å². The number of rotatable bonds is 4. The molecule has 1 aromatic carbocycles. The molecule has 1 aromatic heterocycles. The van der Waals surface area contributed by atoms with E-state index in [-0.39, 0.29) is 11.6 Å². The fourth-order valence-electron chi connectivity index (χ4n) is 1.29. The normalized spacial score (nSPS) is 10.1. The van der Waals surface area contributed by atoms with Crippen molar-refractivity contribution >= 4 is 17.0 Å². The third kappa shape index (κ3) is 2.49. The molecule has 0 saturated carbocycles. The average molecular weight is 238 g/mol. The third-order valence-corrected chi connectivity index (χ3v) is 2.74. The monoisotopic (exact) mass is 238 g/mol. The summed E-state index contributed by atoms with van der Waals surface area (Å²) in [7, 11) is 1.45. The smallest absolute Gasteiger partial charge is 0.165 e. The molecule has 16 heavy (non-hydrogen) atoms. The Labute approximate surface area is 96.9 Å². The van der Waals surface area contributed by atoms with Gasteiger partial charge >= 0.3 is 0 Å². The maximum atomic E-state index is 13.1. The summed E-state index contributed by atoms with van der Waals surface area (Å²) in [6.45, 7) is 0.623. The highest BCUT2D eigenvalue weighted by atomic mass is 32.1. The van der Waals surface area contributed by atoms with Crippen molar-refractivity contribution in [3.8, 4) is 5.75 Å². The van der Waals surface area contributed by atoms with Crippen LogP contribution >= 0.6 is 11.3 Å². The predicted molar refractivity (Wildman–Crippen MR) is 62.4 cm³/mol. The molecule has 0 aliphatic carbocycles. The van der Waals surface area contributed by atoms with E-state index >= 15 is 0 Å². The number of halogens is 1. The van der Waals surface area contributed by atoms with E-state index in [9.17, 15) is 4.39 Å². The zero-order valence-corrected chi connectivity index (χ0v) is 9.55. The SMILES string of the molecule is COc1cc(NCc2cscn2)ccc1F. The summed E-state index contributed by atoms with van der Waals surface area (Å²) in [6, 6.07) is 4.67. The first-order valence-corrected chi connectivity index (χ1v) is 5.68. The molecule has 3 nitrogen and oxygen atoms in total. The summed E-state index contributed by atoms with van der Waals surface area (Å²) in [5.41, 5.74) is 3.56. The number of hydrogen-bond acceptors (Lipinski definition) is 4. The van der Waals surface area contributed by atoms with Crippen LogP contribution in [0.15, 0.2) is 29.1 Å². The quantitative estimate of drug-likeness (QED) is 0.889. The standard InChI is InChI=1S/C11H11FN2OS/c1-15-11-4-8(2-3-10(11)12)13-5-9-6-16-7-14-9/h2-4,6-7,13H,5H2,1H3. The Morgan fingerprint density at radius 1 is 1.50 bits per heavy atom. The van der Waals surface area contributed by atoms with Crippen molar-refractivity contribution in [2.45, 2.75) is 6.54 Å². The Hall–Kier alpha value is -1.62. The summed E-state index contributed by atoms with van der Waals surface area (Å²) in [6.07, 6.45) is 0. The van der Waals surface area contributed by atoms with Crippen LogP contribution in [0.3, 0.4) is 0 Å². The molecule has 1 heterocycles. The largest absolute Gasteiger partial charge is 0.494 e. The van der Waals surface area contributed by atoms with E-state index in [0.717, 1.165) is 11.4 Å². The van der Waals surface area contributed by atoms with Gasteiger partial charge in [0.25, 0.3) is 0 Å². The van der Waals surface area contributed by atoms with Gasteiger partial charge in [-0.05, 0) is 12.1 Å². The molecule has 0 radical (unpaired) electrons. The summed E-state index contributed by atoms with van der Waals surface area (Å²) < 4.78 is 18.0. The van der Waals surface area contributed by atoms with Crippen LogP contribution in [0.4, 0.5) is 10.1 Å². The van der Waals surface area contributed by atoms with Crippen molar-refractivity contribution in [3.63, 3.8) is 0 Å². The van der Waals surface area contributed by atoms with Gasteiger partial charge in [-0.15, -0.1) is 11.3 Å². The van der Waals surface area contributed by atoms with Gasteiger partial charge in [0, 0.05) is 17.1 Å². The lowest BCUT2D eigenvalue weighted by Crippen LogP contribution is -2.00. The molecule has 0 aliphatic heterocycles. The zero-order valence-electron chi connectivity index (χ0n) is 8.74. The molecule has 0 bridgehead atoms. The molecule has 0 amide bonds. The highest BCUT2D eigenvalue weighted by Gasteiger charge is 2.03. The molecule has 84 valence electrons. The molecular weight excluding hydrogens is 227 g/mol. The number of aromatic nitrogens is 1. The molecular formula is C11H11FN2OS. The van der Waals surface area contributed by atoms with Crippen molar-refractivity contribution in [1.29, 1.82) is 0 Å². The van der Waals surface area contributed by atoms with Gasteiger partial charge in [-0.25, -0.2) is 9.37 Å². The van der Waals surface area contributed by atoms with Crippen LogP contribution in [0.25, 0.3) is 0 Å². The number of hydrogen-bond donors (Lipinski definition) is 1. The van der Waals surface area contributed by atoms with Crippen molar-refractivity contribution < 1.29 is 9.13 Å².